The van der Waals surface area contributed by atoms with Gasteiger partial charge in [0.15, 0.2) is 0 Å². The highest BCUT2D eigenvalue weighted by atomic mass is 16.5. The summed E-state index contributed by atoms with van der Waals surface area (Å²) in [6.45, 7) is 7.67. The molecule has 5 heteroatoms. The van der Waals surface area contributed by atoms with Gasteiger partial charge in [0.2, 0.25) is 5.91 Å². The van der Waals surface area contributed by atoms with Crippen molar-refractivity contribution in [3.63, 3.8) is 0 Å². The first-order valence-corrected chi connectivity index (χ1v) is 6.44. The van der Waals surface area contributed by atoms with Crippen molar-refractivity contribution in [2.24, 2.45) is 0 Å². The quantitative estimate of drug-likeness (QED) is 0.609. The van der Waals surface area contributed by atoms with Gasteiger partial charge in [-0.25, -0.2) is 0 Å². The molecule has 1 aliphatic heterocycles. The van der Waals surface area contributed by atoms with Crippen LogP contribution in [0.5, 0.6) is 0 Å². The Hall–Kier alpha value is -0.650. The molecule has 0 radical (unpaired) electrons. The number of hydrogen-bond donors (Lipinski definition) is 2. The van der Waals surface area contributed by atoms with E-state index in [4.69, 9.17) is 4.74 Å². The van der Waals surface area contributed by atoms with E-state index in [1.807, 2.05) is 0 Å². The van der Waals surface area contributed by atoms with Crippen LogP contribution >= 0.6 is 0 Å². The summed E-state index contributed by atoms with van der Waals surface area (Å²) in [4.78, 5) is 14.0. The summed E-state index contributed by atoms with van der Waals surface area (Å²) in [7, 11) is 1.67. The van der Waals surface area contributed by atoms with Crippen LogP contribution in [0.1, 0.15) is 19.8 Å². The molecule has 1 unspecified atom stereocenters. The van der Waals surface area contributed by atoms with Gasteiger partial charge in [-0.05, 0) is 13.3 Å². The van der Waals surface area contributed by atoms with Gasteiger partial charge >= 0.3 is 0 Å². The van der Waals surface area contributed by atoms with Gasteiger partial charge < -0.3 is 15.4 Å². The van der Waals surface area contributed by atoms with Gasteiger partial charge in [0.25, 0.3) is 0 Å². The van der Waals surface area contributed by atoms with Gasteiger partial charge in [-0.1, -0.05) is 0 Å². The van der Waals surface area contributed by atoms with E-state index in [0.717, 1.165) is 32.6 Å². The molecule has 0 bridgehead atoms. The number of carbonyl (C=O) groups excluding carboxylic acids is 1. The smallest absolute Gasteiger partial charge is 0.221 e. The van der Waals surface area contributed by atoms with Crippen molar-refractivity contribution >= 4 is 5.91 Å². The maximum Gasteiger partial charge on any atom is 0.221 e. The van der Waals surface area contributed by atoms with Gasteiger partial charge in [0.1, 0.15) is 0 Å². The van der Waals surface area contributed by atoms with E-state index in [9.17, 15) is 4.79 Å². The number of methoxy groups -OCH3 is 1. The third kappa shape index (κ3) is 6.00. The van der Waals surface area contributed by atoms with E-state index in [2.05, 4.69) is 22.5 Å². The minimum absolute atomic E-state index is 0.145. The predicted molar refractivity (Wildman–Crippen MR) is 68.0 cm³/mol. The second kappa shape index (κ2) is 8.44. The number of rotatable bonds is 7. The van der Waals surface area contributed by atoms with Crippen LogP contribution in [0.2, 0.25) is 0 Å². The normalized spacial score (nSPS) is 18.9. The lowest BCUT2D eigenvalue weighted by Gasteiger charge is -2.32. The zero-order valence-corrected chi connectivity index (χ0v) is 11.0. The number of carbonyl (C=O) groups is 1. The molecule has 0 aromatic rings. The Kier molecular flexibility index (Phi) is 7.16. The molecule has 1 atom stereocenters. The second-order valence-corrected chi connectivity index (χ2v) is 4.54. The van der Waals surface area contributed by atoms with Gasteiger partial charge in [0, 0.05) is 58.9 Å². The second-order valence-electron chi connectivity index (χ2n) is 4.54. The standard InChI is InChI=1S/C12H25N3O2/c1-11(15-7-5-13-6-8-15)10-12(16)14-4-3-9-17-2/h11,13H,3-10H2,1-2H3,(H,14,16). The SMILES string of the molecule is COCCCNC(=O)CC(C)N1CCNCC1. The maximum atomic E-state index is 11.7. The molecule has 1 amide bonds. The van der Waals surface area contributed by atoms with Crippen molar-refractivity contribution < 1.29 is 9.53 Å². The van der Waals surface area contributed by atoms with Crippen molar-refractivity contribution in [1.29, 1.82) is 0 Å². The van der Waals surface area contributed by atoms with E-state index in [0.29, 0.717) is 25.6 Å². The summed E-state index contributed by atoms with van der Waals surface area (Å²) in [5, 5.41) is 6.24. The molecule has 0 aliphatic carbocycles. The summed E-state index contributed by atoms with van der Waals surface area (Å²) in [5.41, 5.74) is 0. The summed E-state index contributed by atoms with van der Waals surface area (Å²) in [5.74, 6) is 0.145. The average Bonchev–Trinajstić information content (AvgIpc) is 2.36. The van der Waals surface area contributed by atoms with E-state index in [1.54, 1.807) is 7.11 Å². The summed E-state index contributed by atoms with van der Waals surface area (Å²) in [6, 6.07) is 0.333. The lowest BCUT2D eigenvalue weighted by molar-refractivity contribution is -0.122. The van der Waals surface area contributed by atoms with E-state index < -0.39 is 0 Å². The number of ether oxygens (including phenoxy) is 1. The molecule has 1 aliphatic rings. The van der Waals surface area contributed by atoms with Crippen LogP contribution in [0, 0.1) is 0 Å². The van der Waals surface area contributed by atoms with Crippen molar-refractivity contribution in [2.75, 3.05) is 46.4 Å². The molecule has 100 valence electrons. The van der Waals surface area contributed by atoms with Gasteiger partial charge in [-0.15, -0.1) is 0 Å². The molecule has 0 aromatic heterocycles. The summed E-state index contributed by atoms with van der Waals surface area (Å²) in [6.07, 6.45) is 1.47. The summed E-state index contributed by atoms with van der Waals surface area (Å²) >= 11 is 0. The first-order chi connectivity index (χ1) is 8.24. The number of amides is 1. The Morgan fingerprint density at radius 3 is 2.82 bits per heavy atom. The van der Waals surface area contributed by atoms with Crippen molar-refractivity contribution in [2.45, 2.75) is 25.8 Å². The van der Waals surface area contributed by atoms with Crippen LogP contribution in [-0.4, -0.2) is 63.3 Å². The molecule has 2 N–H and O–H groups in total. The molecule has 1 fully saturated rings. The zero-order chi connectivity index (χ0) is 12.5. The average molecular weight is 243 g/mol. The molecule has 5 nitrogen and oxygen atoms in total. The number of nitrogens with one attached hydrogen (secondary N) is 2. The van der Waals surface area contributed by atoms with Gasteiger partial charge in [-0.3, -0.25) is 9.69 Å². The van der Waals surface area contributed by atoms with Crippen LogP contribution in [0.15, 0.2) is 0 Å². The highest BCUT2D eigenvalue weighted by Crippen LogP contribution is 2.04. The molecular weight excluding hydrogens is 218 g/mol. The fraction of sp³-hybridized carbons (Fsp3) is 0.917. The highest BCUT2D eigenvalue weighted by molar-refractivity contribution is 5.76. The van der Waals surface area contributed by atoms with Crippen molar-refractivity contribution in [3.8, 4) is 0 Å². The monoisotopic (exact) mass is 243 g/mol. The number of hydrogen-bond acceptors (Lipinski definition) is 4. The minimum Gasteiger partial charge on any atom is -0.385 e. The lowest BCUT2D eigenvalue weighted by atomic mass is 10.1. The van der Waals surface area contributed by atoms with Gasteiger partial charge in [-0.2, -0.15) is 0 Å². The fourth-order valence-corrected chi connectivity index (χ4v) is 2.04. The maximum absolute atomic E-state index is 11.7. The highest BCUT2D eigenvalue weighted by Gasteiger charge is 2.18. The largest absolute Gasteiger partial charge is 0.385 e. The topological polar surface area (TPSA) is 53.6 Å². The Labute approximate surface area is 104 Å². The third-order valence-electron chi connectivity index (χ3n) is 3.10. The summed E-state index contributed by atoms with van der Waals surface area (Å²) < 4.78 is 4.93. The molecule has 17 heavy (non-hydrogen) atoms. The molecule has 1 rings (SSSR count). The van der Waals surface area contributed by atoms with Crippen molar-refractivity contribution in [3.05, 3.63) is 0 Å². The lowest BCUT2D eigenvalue weighted by Crippen LogP contribution is -2.48. The predicted octanol–water partition coefficient (Wildman–Crippen LogP) is -0.177. The molecule has 0 saturated carbocycles. The van der Waals surface area contributed by atoms with Gasteiger partial charge in [0.05, 0.1) is 0 Å². The third-order valence-corrected chi connectivity index (χ3v) is 3.10. The Bertz CT molecular complexity index is 218. The Morgan fingerprint density at radius 1 is 1.47 bits per heavy atom. The Morgan fingerprint density at radius 2 is 2.18 bits per heavy atom. The fourth-order valence-electron chi connectivity index (χ4n) is 2.04. The van der Waals surface area contributed by atoms with Crippen molar-refractivity contribution in [1.82, 2.24) is 15.5 Å². The van der Waals surface area contributed by atoms with Crippen LogP contribution in [0.3, 0.4) is 0 Å². The number of piperazine rings is 1. The molecule has 0 aromatic carbocycles. The zero-order valence-electron chi connectivity index (χ0n) is 11.0. The number of nitrogens with zero attached hydrogens (tertiary/aromatic N) is 1. The van der Waals surface area contributed by atoms with E-state index in [1.165, 1.54) is 0 Å². The minimum atomic E-state index is 0.145. The first kappa shape index (κ1) is 14.4. The molecule has 1 heterocycles. The molecule has 0 spiro atoms. The van der Waals surface area contributed by atoms with Crippen LogP contribution in [-0.2, 0) is 9.53 Å². The van der Waals surface area contributed by atoms with Crippen LogP contribution < -0.4 is 10.6 Å². The molecular formula is C12H25N3O2. The Balaban J connectivity index is 2.11. The first-order valence-electron chi connectivity index (χ1n) is 6.44. The van der Waals surface area contributed by atoms with Crippen LogP contribution in [0.25, 0.3) is 0 Å². The molecule has 1 saturated heterocycles. The van der Waals surface area contributed by atoms with Crippen LogP contribution in [0.4, 0.5) is 0 Å². The van der Waals surface area contributed by atoms with E-state index in [-0.39, 0.29) is 5.91 Å². The van der Waals surface area contributed by atoms with E-state index >= 15 is 0 Å².